The third kappa shape index (κ3) is 7.06. The molecule has 1 aromatic rings. The summed E-state index contributed by atoms with van der Waals surface area (Å²) in [7, 11) is 0. The van der Waals surface area contributed by atoms with Gasteiger partial charge in [0.2, 0.25) is 0 Å². The molecule has 0 unspecified atom stereocenters. The van der Waals surface area contributed by atoms with Crippen molar-refractivity contribution in [3.8, 4) is 6.07 Å². The lowest BCUT2D eigenvalue weighted by atomic mass is 10.1. The van der Waals surface area contributed by atoms with E-state index in [0.29, 0.717) is 6.42 Å². The smallest absolute Gasteiger partial charge is 0.0669 e. The van der Waals surface area contributed by atoms with Gasteiger partial charge in [-0.1, -0.05) is 63.8 Å². The van der Waals surface area contributed by atoms with Crippen LogP contribution in [-0.4, -0.2) is 0 Å². The molecule has 0 aromatic heterocycles. The van der Waals surface area contributed by atoms with Crippen molar-refractivity contribution in [1.82, 2.24) is 0 Å². The van der Waals surface area contributed by atoms with Crippen LogP contribution in [0.15, 0.2) is 24.3 Å². The fraction of sp³-hybridized carbons (Fsp3) is 0.533. The molecule has 0 spiro atoms. The molecule has 0 aliphatic rings. The zero-order chi connectivity index (χ0) is 12.2. The number of unbranched alkanes of at least 4 members (excludes halogenated alkanes) is 3. The van der Waals surface area contributed by atoms with Gasteiger partial charge in [-0.3, -0.25) is 0 Å². The number of hydrogen-bond acceptors (Lipinski definition) is 1. The zero-order valence-corrected chi connectivity index (χ0v) is 10.8. The average molecular weight is 217 g/mol. The summed E-state index contributed by atoms with van der Waals surface area (Å²) in [4.78, 5) is 0. The van der Waals surface area contributed by atoms with Crippen molar-refractivity contribution in [1.29, 1.82) is 5.26 Å². The minimum Gasteiger partial charge on any atom is -0.198 e. The molecular weight excluding hydrogens is 194 g/mol. The molecule has 1 nitrogen and oxygen atoms in total. The summed E-state index contributed by atoms with van der Waals surface area (Å²) >= 11 is 0. The van der Waals surface area contributed by atoms with Crippen LogP contribution >= 0.6 is 0 Å². The minimum atomic E-state index is 0.521. The Kier molecular flexibility index (Phi) is 9.41. The SMILES string of the molecule is CCCCCC.Cc1ccccc1CC#N. The highest BCUT2D eigenvalue weighted by molar-refractivity contribution is 5.27. The van der Waals surface area contributed by atoms with Crippen molar-refractivity contribution in [3.63, 3.8) is 0 Å². The van der Waals surface area contributed by atoms with Gasteiger partial charge in [-0.25, -0.2) is 0 Å². The first-order chi connectivity index (χ1) is 7.76. The van der Waals surface area contributed by atoms with Gasteiger partial charge in [0.1, 0.15) is 0 Å². The monoisotopic (exact) mass is 217 g/mol. The molecule has 16 heavy (non-hydrogen) atoms. The molecule has 0 bridgehead atoms. The molecule has 0 fully saturated rings. The van der Waals surface area contributed by atoms with E-state index in [1.807, 2.05) is 31.2 Å². The third-order valence-corrected chi connectivity index (χ3v) is 2.49. The first-order valence-electron chi connectivity index (χ1n) is 6.17. The largest absolute Gasteiger partial charge is 0.198 e. The van der Waals surface area contributed by atoms with E-state index >= 15 is 0 Å². The van der Waals surface area contributed by atoms with E-state index in [1.54, 1.807) is 0 Å². The Morgan fingerprint density at radius 1 is 1.06 bits per heavy atom. The van der Waals surface area contributed by atoms with Crippen molar-refractivity contribution in [3.05, 3.63) is 35.4 Å². The lowest BCUT2D eigenvalue weighted by Crippen LogP contribution is -1.84. The summed E-state index contributed by atoms with van der Waals surface area (Å²) in [6.45, 7) is 6.48. The number of hydrogen-bond donors (Lipinski definition) is 0. The molecule has 0 saturated carbocycles. The molecule has 0 atom stereocenters. The molecule has 0 aliphatic heterocycles. The second-order valence-electron chi connectivity index (χ2n) is 3.97. The van der Waals surface area contributed by atoms with Gasteiger partial charge in [0.15, 0.2) is 0 Å². The van der Waals surface area contributed by atoms with Crippen LogP contribution in [0.2, 0.25) is 0 Å². The van der Waals surface area contributed by atoms with E-state index in [-0.39, 0.29) is 0 Å². The number of rotatable bonds is 4. The third-order valence-electron chi connectivity index (χ3n) is 2.49. The van der Waals surface area contributed by atoms with E-state index in [9.17, 15) is 0 Å². The maximum Gasteiger partial charge on any atom is 0.0669 e. The lowest BCUT2D eigenvalue weighted by Gasteiger charge is -1.97. The summed E-state index contributed by atoms with van der Waals surface area (Å²) in [5, 5.41) is 8.39. The second-order valence-corrected chi connectivity index (χ2v) is 3.97. The molecule has 1 rings (SSSR count). The Bertz CT molecular complexity index is 305. The van der Waals surface area contributed by atoms with Gasteiger partial charge in [0, 0.05) is 0 Å². The molecular formula is C15H23N. The fourth-order valence-corrected chi connectivity index (χ4v) is 1.39. The normalized spacial score (nSPS) is 8.88. The predicted octanol–water partition coefficient (Wildman–Crippen LogP) is 4.65. The summed E-state index contributed by atoms with van der Waals surface area (Å²) in [6, 6.07) is 10.1. The number of nitrogens with zero attached hydrogens (tertiary/aromatic N) is 1. The van der Waals surface area contributed by atoms with Crippen LogP contribution < -0.4 is 0 Å². The molecule has 0 saturated heterocycles. The number of benzene rings is 1. The molecule has 88 valence electrons. The van der Waals surface area contributed by atoms with Crippen LogP contribution in [0.5, 0.6) is 0 Å². The fourth-order valence-electron chi connectivity index (χ4n) is 1.39. The maximum absolute atomic E-state index is 8.39. The molecule has 1 aromatic carbocycles. The highest BCUT2D eigenvalue weighted by atomic mass is 14.2. The van der Waals surface area contributed by atoms with Gasteiger partial charge in [-0.05, 0) is 18.1 Å². The van der Waals surface area contributed by atoms with Crippen molar-refractivity contribution in [2.75, 3.05) is 0 Å². The topological polar surface area (TPSA) is 23.8 Å². The Balaban J connectivity index is 0.000000325. The Morgan fingerprint density at radius 2 is 1.62 bits per heavy atom. The molecule has 0 N–H and O–H groups in total. The Labute approximate surface area is 100 Å². The summed E-state index contributed by atoms with van der Waals surface area (Å²) < 4.78 is 0. The van der Waals surface area contributed by atoms with Crippen LogP contribution in [0.1, 0.15) is 50.7 Å². The van der Waals surface area contributed by atoms with E-state index in [4.69, 9.17) is 5.26 Å². The van der Waals surface area contributed by atoms with E-state index < -0.39 is 0 Å². The standard InChI is InChI=1S/C9H9N.C6H14/c1-8-4-2-3-5-9(8)6-7-10;1-3-5-6-4-2/h2-5H,6H2,1H3;3-6H2,1-2H3. The van der Waals surface area contributed by atoms with Gasteiger partial charge in [0.05, 0.1) is 12.5 Å². The molecule has 0 heterocycles. The first-order valence-corrected chi connectivity index (χ1v) is 6.17. The van der Waals surface area contributed by atoms with Crippen LogP contribution in [0.3, 0.4) is 0 Å². The van der Waals surface area contributed by atoms with Gasteiger partial charge >= 0.3 is 0 Å². The lowest BCUT2D eigenvalue weighted by molar-refractivity contribution is 0.702. The highest BCUT2D eigenvalue weighted by Gasteiger charge is 1.92. The summed E-state index contributed by atoms with van der Waals surface area (Å²) in [5.74, 6) is 0. The first kappa shape index (κ1) is 14.7. The quantitative estimate of drug-likeness (QED) is 0.673. The second kappa shape index (κ2) is 10.2. The molecule has 1 heteroatoms. The van der Waals surface area contributed by atoms with Gasteiger partial charge in [0.25, 0.3) is 0 Å². The highest BCUT2D eigenvalue weighted by Crippen LogP contribution is 2.06. The van der Waals surface area contributed by atoms with Gasteiger partial charge in [-0.15, -0.1) is 0 Å². The number of aryl methyl sites for hydroxylation is 1. The predicted molar refractivity (Wildman–Crippen MR) is 70.3 cm³/mol. The van der Waals surface area contributed by atoms with E-state index in [0.717, 1.165) is 5.56 Å². The van der Waals surface area contributed by atoms with Crippen molar-refractivity contribution < 1.29 is 0 Å². The molecule has 0 amide bonds. The maximum atomic E-state index is 8.39. The Hall–Kier alpha value is -1.29. The van der Waals surface area contributed by atoms with Gasteiger partial charge < -0.3 is 0 Å². The van der Waals surface area contributed by atoms with E-state index in [2.05, 4.69) is 19.9 Å². The van der Waals surface area contributed by atoms with Crippen molar-refractivity contribution in [2.24, 2.45) is 0 Å². The zero-order valence-electron chi connectivity index (χ0n) is 10.8. The van der Waals surface area contributed by atoms with E-state index in [1.165, 1.54) is 31.2 Å². The van der Waals surface area contributed by atoms with Crippen LogP contribution in [0.4, 0.5) is 0 Å². The molecule has 0 aliphatic carbocycles. The Morgan fingerprint density at radius 3 is 2.06 bits per heavy atom. The van der Waals surface area contributed by atoms with Crippen molar-refractivity contribution in [2.45, 2.75) is 52.9 Å². The van der Waals surface area contributed by atoms with Crippen LogP contribution in [-0.2, 0) is 6.42 Å². The minimum absolute atomic E-state index is 0.521. The summed E-state index contributed by atoms with van der Waals surface area (Å²) in [6.07, 6.45) is 6.06. The molecule has 0 radical (unpaired) electrons. The van der Waals surface area contributed by atoms with Crippen molar-refractivity contribution >= 4 is 0 Å². The number of nitriles is 1. The average Bonchev–Trinajstić information content (AvgIpc) is 2.31. The summed E-state index contributed by atoms with van der Waals surface area (Å²) in [5.41, 5.74) is 2.33. The van der Waals surface area contributed by atoms with Crippen LogP contribution in [0.25, 0.3) is 0 Å². The van der Waals surface area contributed by atoms with Gasteiger partial charge in [-0.2, -0.15) is 5.26 Å². The van der Waals surface area contributed by atoms with Crippen LogP contribution in [0, 0.1) is 18.3 Å².